The summed E-state index contributed by atoms with van der Waals surface area (Å²) in [5.74, 6) is -2.15. The Hall–Kier alpha value is -3.06. The van der Waals surface area contributed by atoms with E-state index in [9.17, 15) is 19.1 Å². The molecular formula is C22H24FN3O3. The van der Waals surface area contributed by atoms with Gasteiger partial charge in [0.1, 0.15) is 11.6 Å². The van der Waals surface area contributed by atoms with Gasteiger partial charge in [-0.1, -0.05) is 13.8 Å². The summed E-state index contributed by atoms with van der Waals surface area (Å²) in [7, 11) is 0. The topological polar surface area (TPSA) is 73.7 Å². The molecule has 1 aliphatic rings. The molecule has 1 amide bonds. The minimum atomic E-state index is -0.742. The van der Waals surface area contributed by atoms with Crippen molar-refractivity contribution >= 4 is 17.4 Å². The molecular weight excluding hydrogens is 373 g/mol. The summed E-state index contributed by atoms with van der Waals surface area (Å²) in [6.45, 7) is 6.68. The largest absolute Gasteiger partial charge is 0.507 e. The molecule has 1 aromatic carbocycles. The first-order valence-corrected chi connectivity index (χ1v) is 9.64. The van der Waals surface area contributed by atoms with Crippen molar-refractivity contribution in [3.63, 3.8) is 0 Å². The average molecular weight is 397 g/mol. The zero-order valence-electron chi connectivity index (χ0n) is 16.5. The summed E-state index contributed by atoms with van der Waals surface area (Å²) in [6.07, 6.45) is 3.16. The average Bonchev–Trinajstić information content (AvgIpc) is 3.00. The van der Waals surface area contributed by atoms with Gasteiger partial charge in [0.2, 0.25) is 0 Å². The van der Waals surface area contributed by atoms with E-state index < -0.39 is 23.5 Å². The molecule has 0 saturated carbocycles. The van der Waals surface area contributed by atoms with Crippen LogP contribution in [-0.2, 0) is 9.59 Å². The number of Topliss-reactive ketones (excluding diaryl/α,β-unsaturated/α-hetero) is 1. The zero-order chi connectivity index (χ0) is 21.0. The summed E-state index contributed by atoms with van der Waals surface area (Å²) < 4.78 is 13.3. The van der Waals surface area contributed by atoms with Gasteiger partial charge in [-0.25, -0.2) is 4.39 Å². The number of pyridine rings is 1. The quantitative estimate of drug-likeness (QED) is 0.442. The first kappa shape index (κ1) is 20.7. The highest BCUT2D eigenvalue weighted by Crippen LogP contribution is 2.39. The molecule has 152 valence electrons. The van der Waals surface area contributed by atoms with E-state index in [0.717, 1.165) is 13.1 Å². The van der Waals surface area contributed by atoms with E-state index in [1.165, 1.54) is 29.2 Å². The van der Waals surface area contributed by atoms with Crippen LogP contribution in [0.15, 0.2) is 54.4 Å². The molecule has 7 heteroatoms. The number of amides is 1. The van der Waals surface area contributed by atoms with Gasteiger partial charge in [0.15, 0.2) is 0 Å². The lowest BCUT2D eigenvalue weighted by atomic mass is 9.96. The normalized spacial score (nSPS) is 18.6. The van der Waals surface area contributed by atoms with Gasteiger partial charge in [0, 0.05) is 31.0 Å². The maximum absolute atomic E-state index is 13.3. The van der Waals surface area contributed by atoms with Crippen LogP contribution in [-0.4, -0.2) is 57.8 Å². The second-order valence-corrected chi connectivity index (χ2v) is 6.81. The number of hydrogen-bond acceptors (Lipinski definition) is 5. The third-order valence-electron chi connectivity index (χ3n) is 5.23. The summed E-state index contributed by atoms with van der Waals surface area (Å²) in [4.78, 5) is 33.3. The summed E-state index contributed by atoms with van der Waals surface area (Å²) in [5, 5.41) is 10.9. The van der Waals surface area contributed by atoms with E-state index in [4.69, 9.17) is 0 Å². The number of halogens is 1. The molecule has 29 heavy (non-hydrogen) atoms. The minimum Gasteiger partial charge on any atom is -0.507 e. The molecule has 6 nitrogen and oxygen atoms in total. The Morgan fingerprint density at radius 1 is 1.10 bits per heavy atom. The van der Waals surface area contributed by atoms with E-state index in [1.54, 1.807) is 24.5 Å². The highest BCUT2D eigenvalue weighted by Gasteiger charge is 2.45. The van der Waals surface area contributed by atoms with Crippen molar-refractivity contribution in [3.8, 4) is 0 Å². The van der Waals surface area contributed by atoms with Crippen molar-refractivity contribution in [1.29, 1.82) is 0 Å². The number of likely N-dealkylation sites (tertiary alicyclic amines) is 1. The van der Waals surface area contributed by atoms with Crippen LogP contribution in [0.4, 0.5) is 4.39 Å². The molecule has 0 aliphatic carbocycles. The second kappa shape index (κ2) is 8.96. The number of carbonyl (C=O) groups excluding carboxylic acids is 2. The lowest BCUT2D eigenvalue weighted by Gasteiger charge is -2.28. The van der Waals surface area contributed by atoms with Crippen LogP contribution in [0.25, 0.3) is 5.76 Å². The van der Waals surface area contributed by atoms with Gasteiger partial charge in [0.25, 0.3) is 11.7 Å². The third kappa shape index (κ3) is 4.19. The van der Waals surface area contributed by atoms with E-state index >= 15 is 0 Å². The zero-order valence-corrected chi connectivity index (χ0v) is 16.5. The lowest BCUT2D eigenvalue weighted by molar-refractivity contribution is -0.140. The van der Waals surface area contributed by atoms with Crippen molar-refractivity contribution in [2.24, 2.45) is 0 Å². The SMILES string of the molecule is CCN(CC)CCN1C(=O)C(=O)/C(=C(\O)c2ccc(F)cc2)[C@@H]1c1ccncc1. The minimum absolute atomic E-state index is 0.00681. The van der Waals surface area contributed by atoms with Gasteiger partial charge < -0.3 is 14.9 Å². The molecule has 1 fully saturated rings. The standard InChI is InChI=1S/C22H24FN3O3/c1-3-25(4-2)13-14-26-19(15-9-11-24-12-10-15)18(21(28)22(26)29)20(27)16-5-7-17(23)8-6-16/h5-12,19,27H,3-4,13-14H2,1-2H3/b20-18-/t19-/m0/s1. The molecule has 2 aromatic rings. The second-order valence-electron chi connectivity index (χ2n) is 6.81. The molecule has 0 spiro atoms. The molecule has 1 aromatic heterocycles. The number of likely N-dealkylation sites (N-methyl/N-ethyl adjacent to an activating group) is 1. The van der Waals surface area contributed by atoms with E-state index in [2.05, 4.69) is 9.88 Å². The van der Waals surface area contributed by atoms with Crippen LogP contribution in [0.2, 0.25) is 0 Å². The van der Waals surface area contributed by atoms with Crippen LogP contribution < -0.4 is 0 Å². The number of ketones is 1. The molecule has 1 aliphatic heterocycles. The maximum atomic E-state index is 13.3. The van der Waals surface area contributed by atoms with E-state index in [0.29, 0.717) is 18.7 Å². The number of carbonyl (C=O) groups is 2. The number of aliphatic hydroxyl groups excluding tert-OH is 1. The number of hydrogen-bond donors (Lipinski definition) is 1. The molecule has 3 rings (SSSR count). The molecule has 0 unspecified atom stereocenters. The van der Waals surface area contributed by atoms with Crippen molar-refractivity contribution in [1.82, 2.24) is 14.8 Å². The Morgan fingerprint density at radius 2 is 1.72 bits per heavy atom. The highest BCUT2D eigenvalue weighted by molar-refractivity contribution is 6.46. The fourth-order valence-corrected chi connectivity index (χ4v) is 3.56. The molecule has 0 radical (unpaired) electrons. The summed E-state index contributed by atoms with van der Waals surface area (Å²) in [6, 6.07) is 7.89. The van der Waals surface area contributed by atoms with Gasteiger partial charge in [-0.2, -0.15) is 0 Å². The smallest absolute Gasteiger partial charge is 0.295 e. The summed E-state index contributed by atoms with van der Waals surface area (Å²) in [5.41, 5.74) is 0.974. The highest BCUT2D eigenvalue weighted by atomic mass is 19.1. The Kier molecular flexibility index (Phi) is 6.39. The monoisotopic (exact) mass is 397 g/mol. The first-order chi connectivity index (χ1) is 14.0. The fourth-order valence-electron chi connectivity index (χ4n) is 3.56. The maximum Gasteiger partial charge on any atom is 0.295 e. The van der Waals surface area contributed by atoms with Crippen LogP contribution in [0.1, 0.15) is 31.0 Å². The van der Waals surface area contributed by atoms with Crippen molar-refractivity contribution < 1.29 is 19.1 Å². The van der Waals surface area contributed by atoms with Gasteiger partial charge in [-0.15, -0.1) is 0 Å². The molecule has 0 bridgehead atoms. The van der Waals surface area contributed by atoms with Gasteiger partial charge in [0.05, 0.1) is 11.6 Å². The third-order valence-corrected chi connectivity index (χ3v) is 5.23. The number of aliphatic hydroxyl groups is 1. The Bertz CT molecular complexity index is 909. The van der Waals surface area contributed by atoms with Crippen LogP contribution in [0.5, 0.6) is 0 Å². The number of benzene rings is 1. The van der Waals surface area contributed by atoms with Crippen LogP contribution in [0.3, 0.4) is 0 Å². The summed E-state index contributed by atoms with van der Waals surface area (Å²) >= 11 is 0. The first-order valence-electron chi connectivity index (χ1n) is 9.64. The molecule has 2 heterocycles. The van der Waals surface area contributed by atoms with E-state index in [-0.39, 0.29) is 16.9 Å². The molecule has 1 atom stereocenters. The Morgan fingerprint density at radius 3 is 2.31 bits per heavy atom. The predicted octanol–water partition coefficient (Wildman–Crippen LogP) is 2.98. The molecule has 1 saturated heterocycles. The van der Waals surface area contributed by atoms with Crippen molar-refractivity contribution in [2.75, 3.05) is 26.2 Å². The van der Waals surface area contributed by atoms with Gasteiger partial charge in [-0.3, -0.25) is 14.6 Å². The Balaban J connectivity index is 2.06. The van der Waals surface area contributed by atoms with Gasteiger partial charge >= 0.3 is 0 Å². The number of aromatic nitrogens is 1. The number of nitrogens with zero attached hydrogens (tertiary/aromatic N) is 3. The van der Waals surface area contributed by atoms with Crippen LogP contribution >= 0.6 is 0 Å². The number of rotatable bonds is 7. The van der Waals surface area contributed by atoms with Crippen molar-refractivity contribution in [2.45, 2.75) is 19.9 Å². The molecule has 1 N–H and O–H groups in total. The van der Waals surface area contributed by atoms with Crippen molar-refractivity contribution in [3.05, 3.63) is 71.3 Å². The van der Waals surface area contributed by atoms with E-state index in [1.807, 2.05) is 13.8 Å². The fraction of sp³-hybridized carbons (Fsp3) is 0.318. The van der Waals surface area contributed by atoms with Gasteiger partial charge in [-0.05, 0) is 55.1 Å². The lowest BCUT2D eigenvalue weighted by Crippen LogP contribution is -2.38. The van der Waals surface area contributed by atoms with Crippen LogP contribution in [0, 0.1) is 5.82 Å². The predicted molar refractivity (Wildman–Crippen MR) is 107 cm³/mol. The Labute approximate surface area is 169 Å².